The molecule has 86 valence electrons. The van der Waals surface area contributed by atoms with Crippen LogP contribution in [-0.4, -0.2) is 25.8 Å². The normalized spacial score (nSPS) is 25.8. The molecular weight excluding hydrogens is 198 g/mol. The largest absolute Gasteiger partial charge is 0.375 e. The summed E-state index contributed by atoms with van der Waals surface area (Å²) in [6.45, 7) is 5.05. The fraction of sp³-hybridized carbons (Fsp3) is 0.571. The lowest BCUT2D eigenvalue weighted by Crippen LogP contribution is -2.41. The lowest BCUT2D eigenvalue weighted by atomic mass is 10.1. The van der Waals surface area contributed by atoms with Crippen molar-refractivity contribution in [2.24, 2.45) is 0 Å². The molecule has 1 saturated carbocycles. The molecule has 16 heavy (non-hydrogen) atoms. The Balaban J connectivity index is 1.79. The quantitative estimate of drug-likeness (QED) is 0.755. The molecule has 0 aromatic heterocycles. The van der Waals surface area contributed by atoms with Crippen molar-refractivity contribution in [1.82, 2.24) is 0 Å². The van der Waals surface area contributed by atoms with Gasteiger partial charge in [0.25, 0.3) is 0 Å². The number of benzene rings is 1. The number of hydrogen-bond donors (Lipinski definition) is 0. The smallest absolute Gasteiger partial charge is 0.0722 e. The van der Waals surface area contributed by atoms with Crippen molar-refractivity contribution in [2.45, 2.75) is 31.8 Å². The Bertz CT molecular complexity index is 373. The zero-order valence-corrected chi connectivity index (χ0v) is 9.86. The van der Waals surface area contributed by atoms with Gasteiger partial charge in [0.05, 0.1) is 12.7 Å². The van der Waals surface area contributed by atoms with Crippen LogP contribution in [-0.2, 0) is 4.74 Å². The lowest BCUT2D eigenvalue weighted by Gasteiger charge is -2.33. The minimum Gasteiger partial charge on any atom is -0.375 e. The standard InChI is InChI=1S/C14H19NO/c1-11-10-15(7-8-16-11)14-4-2-3-13(9-14)12-5-6-12/h2-4,9,11-12H,5-8,10H2,1H3. The van der Waals surface area contributed by atoms with Crippen molar-refractivity contribution in [2.75, 3.05) is 24.6 Å². The van der Waals surface area contributed by atoms with E-state index in [2.05, 4.69) is 36.1 Å². The van der Waals surface area contributed by atoms with Gasteiger partial charge in [-0.1, -0.05) is 12.1 Å². The molecule has 2 fully saturated rings. The second-order valence-electron chi connectivity index (χ2n) is 5.00. The maximum absolute atomic E-state index is 5.58. The molecule has 0 bridgehead atoms. The van der Waals surface area contributed by atoms with Crippen molar-refractivity contribution in [3.63, 3.8) is 0 Å². The van der Waals surface area contributed by atoms with E-state index in [0.29, 0.717) is 6.10 Å². The van der Waals surface area contributed by atoms with Gasteiger partial charge in [-0.05, 0) is 43.4 Å². The van der Waals surface area contributed by atoms with E-state index in [9.17, 15) is 0 Å². The van der Waals surface area contributed by atoms with E-state index in [1.165, 1.54) is 24.1 Å². The third-order valence-corrected chi connectivity index (χ3v) is 3.53. The lowest BCUT2D eigenvalue weighted by molar-refractivity contribution is 0.0532. The van der Waals surface area contributed by atoms with Gasteiger partial charge in [0.1, 0.15) is 0 Å². The summed E-state index contributed by atoms with van der Waals surface area (Å²) in [5.41, 5.74) is 2.90. The molecule has 2 heteroatoms. The summed E-state index contributed by atoms with van der Waals surface area (Å²) in [5.74, 6) is 0.846. The third kappa shape index (κ3) is 2.07. The van der Waals surface area contributed by atoms with E-state index in [1.807, 2.05) is 0 Å². The molecule has 0 radical (unpaired) electrons. The molecule has 0 N–H and O–H groups in total. The Kier molecular flexibility index (Phi) is 2.60. The Hall–Kier alpha value is -1.02. The summed E-state index contributed by atoms with van der Waals surface area (Å²) >= 11 is 0. The molecule has 1 aliphatic heterocycles. The predicted octanol–water partition coefficient (Wildman–Crippen LogP) is 2.79. The second-order valence-corrected chi connectivity index (χ2v) is 5.00. The van der Waals surface area contributed by atoms with Crippen LogP contribution in [0.25, 0.3) is 0 Å². The van der Waals surface area contributed by atoms with E-state index in [0.717, 1.165) is 25.6 Å². The summed E-state index contributed by atoms with van der Waals surface area (Å²) in [6, 6.07) is 9.06. The number of morpholine rings is 1. The van der Waals surface area contributed by atoms with Crippen LogP contribution in [0.15, 0.2) is 24.3 Å². The first-order valence-corrected chi connectivity index (χ1v) is 6.29. The molecule has 1 heterocycles. The average molecular weight is 217 g/mol. The molecule has 1 aromatic carbocycles. The molecule has 1 saturated heterocycles. The third-order valence-electron chi connectivity index (χ3n) is 3.53. The zero-order chi connectivity index (χ0) is 11.0. The highest BCUT2D eigenvalue weighted by molar-refractivity contribution is 5.50. The van der Waals surface area contributed by atoms with Crippen LogP contribution in [0.5, 0.6) is 0 Å². The predicted molar refractivity (Wildman–Crippen MR) is 66.0 cm³/mol. The van der Waals surface area contributed by atoms with Crippen molar-refractivity contribution < 1.29 is 4.74 Å². The average Bonchev–Trinajstić information content (AvgIpc) is 3.13. The second kappa shape index (κ2) is 4.10. The van der Waals surface area contributed by atoms with Crippen LogP contribution in [0.3, 0.4) is 0 Å². The Morgan fingerprint density at radius 1 is 1.31 bits per heavy atom. The van der Waals surface area contributed by atoms with Crippen LogP contribution < -0.4 is 4.90 Å². The maximum atomic E-state index is 5.58. The topological polar surface area (TPSA) is 12.5 Å². The first-order chi connectivity index (χ1) is 7.83. The molecule has 0 amide bonds. The number of rotatable bonds is 2. The fourth-order valence-corrected chi connectivity index (χ4v) is 2.45. The highest BCUT2D eigenvalue weighted by Crippen LogP contribution is 2.41. The zero-order valence-electron chi connectivity index (χ0n) is 9.86. The van der Waals surface area contributed by atoms with Gasteiger partial charge in [0, 0.05) is 18.8 Å². The first kappa shape index (κ1) is 10.2. The van der Waals surface area contributed by atoms with Crippen molar-refractivity contribution in [3.8, 4) is 0 Å². The van der Waals surface area contributed by atoms with E-state index in [-0.39, 0.29) is 0 Å². The van der Waals surface area contributed by atoms with Crippen LogP contribution in [0.2, 0.25) is 0 Å². The summed E-state index contributed by atoms with van der Waals surface area (Å²) in [7, 11) is 0. The fourth-order valence-electron chi connectivity index (χ4n) is 2.45. The minimum absolute atomic E-state index is 0.360. The molecule has 2 aliphatic rings. The van der Waals surface area contributed by atoms with Crippen LogP contribution in [0.4, 0.5) is 5.69 Å². The van der Waals surface area contributed by atoms with Crippen molar-refractivity contribution >= 4 is 5.69 Å². The molecule has 3 rings (SSSR count). The minimum atomic E-state index is 0.360. The Morgan fingerprint density at radius 2 is 2.19 bits per heavy atom. The van der Waals surface area contributed by atoms with Crippen molar-refractivity contribution in [3.05, 3.63) is 29.8 Å². The van der Waals surface area contributed by atoms with Gasteiger partial charge in [0.15, 0.2) is 0 Å². The van der Waals surface area contributed by atoms with Gasteiger partial charge in [-0.25, -0.2) is 0 Å². The van der Waals surface area contributed by atoms with Crippen LogP contribution >= 0.6 is 0 Å². The summed E-state index contributed by atoms with van der Waals surface area (Å²) in [4.78, 5) is 2.44. The number of ether oxygens (including phenoxy) is 1. The van der Waals surface area contributed by atoms with E-state index < -0.39 is 0 Å². The molecule has 2 nitrogen and oxygen atoms in total. The van der Waals surface area contributed by atoms with Gasteiger partial charge in [-0.15, -0.1) is 0 Å². The van der Waals surface area contributed by atoms with Gasteiger partial charge in [-0.2, -0.15) is 0 Å². The van der Waals surface area contributed by atoms with Crippen molar-refractivity contribution in [1.29, 1.82) is 0 Å². The van der Waals surface area contributed by atoms with Gasteiger partial charge in [0.2, 0.25) is 0 Å². The SMILES string of the molecule is CC1CN(c2cccc(C3CC3)c2)CCO1. The Labute approximate surface area is 97.2 Å². The van der Waals surface area contributed by atoms with Gasteiger partial charge in [-0.3, -0.25) is 0 Å². The monoisotopic (exact) mass is 217 g/mol. The molecule has 1 aliphatic carbocycles. The molecule has 0 spiro atoms. The highest BCUT2D eigenvalue weighted by atomic mass is 16.5. The van der Waals surface area contributed by atoms with E-state index in [1.54, 1.807) is 0 Å². The molecular formula is C14H19NO. The van der Waals surface area contributed by atoms with Crippen LogP contribution in [0, 0.1) is 0 Å². The summed E-state index contributed by atoms with van der Waals surface area (Å²) in [5, 5.41) is 0. The Morgan fingerprint density at radius 3 is 2.94 bits per heavy atom. The van der Waals surface area contributed by atoms with Gasteiger partial charge >= 0.3 is 0 Å². The molecule has 1 unspecified atom stereocenters. The molecule has 1 aromatic rings. The van der Waals surface area contributed by atoms with E-state index >= 15 is 0 Å². The van der Waals surface area contributed by atoms with Gasteiger partial charge < -0.3 is 9.64 Å². The molecule has 1 atom stereocenters. The number of anilines is 1. The highest BCUT2D eigenvalue weighted by Gasteiger charge is 2.24. The number of hydrogen-bond acceptors (Lipinski definition) is 2. The summed E-state index contributed by atoms with van der Waals surface area (Å²) in [6.07, 6.45) is 3.12. The maximum Gasteiger partial charge on any atom is 0.0722 e. The first-order valence-electron chi connectivity index (χ1n) is 6.29. The van der Waals surface area contributed by atoms with E-state index in [4.69, 9.17) is 4.74 Å². The van der Waals surface area contributed by atoms with Crippen LogP contribution in [0.1, 0.15) is 31.2 Å². The summed E-state index contributed by atoms with van der Waals surface area (Å²) < 4.78 is 5.58. The number of nitrogens with zero attached hydrogens (tertiary/aromatic N) is 1.